The van der Waals surface area contributed by atoms with Crippen LogP contribution >= 0.6 is 0 Å². The van der Waals surface area contributed by atoms with Gasteiger partial charge >= 0.3 is 0 Å². The molecule has 2 atom stereocenters. The Balaban J connectivity index is 1.55. The highest BCUT2D eigenvalue weighted by atomic mass is 16.1. The molecule has 0 radical (unpaired) electrons. The Morgan fingerprint density at radius 3 is 2.72 bits per heavy atom. The van der Waals surface area contributed by atoms with Crippen LogP contribution in [0.5, 0.6) is 0 Å². The highest BCUT2D eigenvalue weighted by Gasteiger charge is 2.27. The Hall–Kier alpha value is -2.43. The molecule has 5 heteroatoms. The number of carbonyl (C=O) groups is 1. The third-order valence-corrected chi connectivity index (χ3v) is 4.91. The van der Waals surface area contributed by atoms with Gasteiger partial charge in [0.25, 0.3) is 0 Å². The van der Waals surface area contributed by atoms with Crippen molar-refractivity contribution in [2.75, 3.05) is 24.5 Å². The second-order valence-electron chi connectivity index (χ2n) is 6.59. The quantitative estimate of drug-likeness (QED) is 0.880. The fourth-order valence-electron chi connectivity index (χ4n) is 3.42. The van der Waals surface area contributed by atoms with E-state index in [0.717, 1.165) is 31.8 Å². The summed E-state index contributed by atoms with van der Waals surface area (Å²) in [6.45, 7) is 4.46. The largest absolute Gasteiger partial charge is 0.355 e. The molecular formula is C20H26N4O. The molecule has 0 aliphatic carbocycles. The number of piperidine rings is 1. The van der Waals surface area contributed by atoms with Crippen LogP contribution in [0.1, 0.15) is 37.7 Å². The van der Waals surface area contributed by atoms with E-state index in [-0.39, 0.29) is 11.8 Å². The standard InChI is InChI=1S/C20H26N4O/c1-2-16(17-8-4-3-5-9-17)14-23-19(25)18-10-6-13-24(15-18)20-21-11-7-12-22-20/h3-5,7-9,11-12,16,18H,2,6,10,13-15H2,1H3,(H,23,25). The first kappa shape index (κ1) is 17.4. The smallest absolute Gasteiger partial charge is 0.225 e. The molecule has 25 heavy (non-hydrogen) atoms. The molecule has 3 rings (SSSR count). The van der Waals surface area contributed by atoms with E-state index in [1.54, 1.807) is 12.4 Å². The molecule has 1 aliphatic rings. The van der Waals surface area contributed by atoms with Crippen LogP contribution in [0.25, 0.3) is 0 Å². The Bertz CT molecular complexity index is 662. The van der Waals surface area contributed by atoms with Gasteiger partial charge < -0.3 is 10.2 Å². The lowest BCUT2D eigenvalue weighted by Crippen LogP contribution is -2.44. The van der Waals surface area contributed by atoms with Crippen LogP contribution in [0.15, 0.2) is 48.8 Å². The molecule has 0 saturated carbocycles. The molecule has 0 spiro atoms. The zero-order valence-corrected chi connectivity index (χ0v) is 14.8. The van der Waals surface area contributed by atoms with Gasteiger partial charge in [-0.1, -0.05) is 37.3 Å². The molecule has 1 N–H and O–H groups in total. The number of nitrogens with one attached hydrogen (secondary N) is 1. The van der Waals surface area contributed by atoms with Gasteiger partial charge in [0, 0.05) is 37.9 Å². The molecule has 132 valence electrons. The van der Waals surface area contributed by atoms with E-state index in [2.05, 4.69) is 51.4 Å². The number of carbonyl (C=O) groups excluding carboxylic acids is 1. The predicted molar refractivity (Wildman–Crippen MR) is 99.5 cm³/mol. The van der Waals surface area contributed by atoms with Crippen LogP contribution < -0.4 is 10.2 Å². The number of nitrogens with zero attached hydrogens (tertiary/aromatic N) is 3. The predicted octanol–water partition coefficient (Wildman–Crippen LogP) is 3.00. The van der Waals surface area contributed by atoms with Gasteiger partial charge in [0.1, 0.15) is 0 Å². The van der Waals surface area contributed by atoms with E-state index >= 15 is 0 Å². The fraction of sp³-hybridized carbons (Fsp3) is 0.450. The molecule has 5 nitrogen and oxygen atoms in total. The third-order valence-electron chi connectivity index (χ3n) is 4.91. The molecule has 2 aromatic rings. The lowest BCUT2D eigenvalue weighted by atomic mass is 9.94. The van der Waals surface area contributed by atoms with Crippen LogP contribution in [0.4, 0.5) is 5.95 Å². The second-order valence-corrected chi connectivity index (χ2v) is 6.59. The Labute approximate surface area is 149 Å². The monoisotopic (exact) mass is 338 g/mol. The van der Waals surface area contributed by atoms with Crippen molar-refractivity contribution in [1.82, 2.24) is 15.3 Å². The molecule has 1 amide bonds. The van der Waals surface area contributed by atoms with E-state index in [0.29, 0.717) is 19.0 Å². The van der Waals surface area contributed by atoms with Gasteiger partial charge in [-0.3, -0.25) is 4.79 Å². The molecular weight excluding hydrogens is 312 g/mol. The van der Waals surface area contributed by atoms with Crippen molar-refractivity contribution in [2.24, 2.45) is 5.92 Å². The lowest BCUT2D eigenvalue weighted by molar-refractivity contribution is -0.125. The van der Waals surface area contributed by atoms with E-state index in [9.17, 15) is 4.79 Å². The van der Waals surface area contributed by atoms with Crippen LogP contribution in [0.2, 0.25) is 0 Å². The Morgan fingerprint density at radius 2 is 2.00 bits per heavy atom. The molecule has 2 heterocycles. The molecule has 1 aliphatic heterocycles. The van der Waals surface area contributed by atoms with Crippen molar-refractivity contribution >= 4 is 11.9 Å². The number of rotatable bonds is 6. The van der Waals surface area contributed by atoms with E-state index in [1.807, 2.05) is 12.1 Å². The summed E-state index contributed by atoms with van der Waals surface area (Å²) in [6.07, 6.45) is 6.43. The number of amides is 1. The first-order chi connectivity index (χ1) is 12.3. The summed E-state index contributed by atoms with van der Waals surface area (Å²) in [6, 6.07) is 12.2. The minimum absolute atomic E-state index is 0.00540. The zero-order valence-electron chi connectivity index (χ0n) is 14.8. The van der Waals surface area contributed by atoms with Crippen molar-refractivity contribution in [3.63, 3.8) is 0 Å². The van der Waals surface area contributed by atoms with E-state index in [4.69, 9.17) is 0 Å². The summed E-state index contributed by atoms with van der Waals surface area (Å²) < 4.78 is 0. The number of aromatic nitrogens is 2. The van der Waals surface area contributed by atoms with Crippen molar-refractivity contribution < 1.29 is 4.79 Å². The summed E-state index contributed by atoms with van der Waals surface area (Å²) in [5, 5.41) is 3.17. The van der Waals surface area contributed by atoms with Gasteiger partial charge in [-0.05, 0) is 30.9 Å². The van der Waals surface area contributed by atoms with Gasteiger partial charge in [-0.25, -0.2) is 9.97 Å². The average Bonchev–Trinajstić information content (AvgIpc) is 2.70. The van der Waals surface area contributed by atoms with Crippen LogP contribution in [-0.2, 0) is 4.79 Å². The maximum Gasteiger partial charge on any atom is 0.225 e. The molecule has 1 aromatic carbocycles. The van der Waals surface area contributed by atoms with Crippen LogP contribution in [0.3, 0.4) is 0 Å². The molecule has 2 unspecified atom stereocenters. The van der Waals surface area contributed by atoms with Crippen molar-refractivity contribution in [3.05, 3.63) is 54.4 Å². The first-order valence-electron chi connectivity index (χ1n) is 9.12. The highest BCUT2D eigenvalue weighted by Crippen LogP contribution is 2.21. The van der Waals surface area contributed by atoms with Gasteiger partial charge in [0.15, 0.2) is 0 Å². The molecule has 0 bridgehead atoms. The third kappa shape index (κ3) is 4.56. The second kappa shape index (κ2) is 8.60. The number of benzene rings is 1. The Kier molecular flexibility index (Phi) is 5.99. The van der Waals surface area contributed by atoms with E-state index in [1.165, 1.54) is 5.56 Å². The maximum atomic E-state index is 12.6. The minimum Gasteiger partial charge on any atom is -0.355 e. The number of hydrogen-bond acceptors (Lipinski definition) is 4. The van der Waals surface area contributed by atoms with Gasteiger partial charge in [0.05, 0.1) is 5.92 Å². The van der Waals surface area contributed by atoms with Gasteiger partial charge in [0.2, 0.25) is 11.9 Å². The van der Waals surface area contributed by atoms with Gasteiger partial charge in [-0.15, -0.1) is 0 Å². The average molecular weight is 338 g/mol. The van der Waals surface area contributed by atoms with Crippen LogP contribution in [-0.4, -0.2) is 35.5 Å². The molecule has 1 aromatic heterocycles. The van der Waals surface area contributed by atoms with Gasteiger partial charge in [-0.2, -0.15) is 0 Å². The summed E-state index contributed by atoms with van der Waals surface area (Å²) in [5.74, 6) is 1.24. The van der Waals surface area contributed by atoms with Crippen molar-refractivity contribution in [3.8, 4) is 0 Å². The van der Waals surface area contributed by atoms with Crippen LogP contribution in [0, 0.1) is 5.92 Å². The summed E-state index contributed by atoms with van der Waals surface area (Å²) in [4.78, 5) is 23.4. The topological polar surface area (TPSA) is 58.1 Å². The maximum absolute atomic E-state index is 12.6. The number of hydrogen-bond donors (Lipinski definition) is 1. The summed E-state index contributed by atoms with van der Waals surface area (Å²) >= 11 is 0. The summed E-state index contributed by atoms with van der Waals surface area (Å²) in [5.41, 5.74) is 1.29. The summed E-state index contributed by atoms with van der Waals surface area (Å²) in [7, 11) is 0. The first-order valence-corrected chi connectivity index (χ1v) is 9.12. The van der Waals surface area contributed by atoms with Crippen molar-refractivity contribution in [1.29, 1.82) is 0 Å². The Morgan fingerprint density at radius 1 is 1.24 bits per heavy atom. The normalized spacial score (nSPS) is 18.6. The lowest BCUT2D eigenvalue weighted by Gasteiger charge is -2.32. The zero-order chi connectivity index (χ0) is 17.5. The van der Waals surface area contributed by atoms with Crippen molar-refractivity contribution in [2.45, 2.75) is 32.1 Å². The van der Waals surface area contributed by atoms with E-state index < -0.39 is 0 Å². The highest BCUT2D eigenvalue weighted by molar-refractivity contribution is 5.79. The number of anilines is 1. The minimum atomic E-state index is 0.00540. The molecule has 1 saturated heterocycles. The molecule has 1 fully saturated rings. The SMILES string of the molecule is CCC(CNC(=O)C1CCCN(c2ncccn2)C1)c1ccccc1. The fourth-order valence-corrected chi connectivity index (χ4v) is 3.42.